The normalized spacial score (nSPS) is 27.0. The molecule has 8 nitrogen and oxygen atoms in total. The minimum atomic E-state index is -3.44. The Morgan fingerprint density at radius 3 is 2.35 bits per heavy atom. The number of thioether (sulfide) groups is 1. The lowest BCUT2D eigenvalue weighted by molar-refractivity contribution is -0.0458. The number of piperazine rings is 1. The maximum absolute atomic E-state index is 12.9. The quantitative estimate of drug-likeness (QED) is 0.506. The third-order valence-electron chi connectivity index (χ3n) is 4.47. The van der Waals surface area contributed by atoms with Gasteiger partial charge >= 0.3 is 0 Å². The molecule has 2 atom stereocenters. The molecule has 0 aromatic carbocycles. The number of hydrogen-bond donors (Lipinski definition) is 0. The van der Waals surface area contributed by atoms with Crippen LogP contribution in [0.2, 0.25) is 0 Å². The van der Waals surface area contributed by atoms with Crippen LogP contribution < -0.4 is 0 Å². The van der Waals surface area contributed by atoms with Crippen molar-refractivity contribution in [3.05, 3.63) is 3.95 Å². The van der Waals surface area contributed by atoms with Gasteiger partial charge in [0.1, 0.15) is 0 Å². The Kier molecular flexibility index (Phi) is 6.76. The van der Waals surface area contributed by atoms with Crippen molar-refractivity contribution >= 4 is 45.5 Å². The molecule has 148 valence electrons. The van der Waals surface area contributed by atoms with Gasteiger partial charge in [0.05, 0.1) is 18.9 Å². The molecular weight excluding hydrogens is 414 g/mol. The average molecular weight is 440 g/mol. The molecule has 3 heterocycles. The molecule has 2 aliphatic heterocycles. The lowest BCUT2D eigenvalue weighted by atomic mass is 10.3. The summed E-state index contributed by atoms with van der Waals surface area (Å²) in [5.74, 6) is 0. The Labute approximate surface area is 168 Å². The summed E-state index contributed by atoms with van der Waals surface area (Å²) in [5, 5.41) is 4.48. The Morgan fingerprint density at radius 2 is 1.81 bits per heavy atom. The molecule has 0 spiro atoms. The van der Waals surface area contributed by atoms with Gasteiger partial charge in [-0.3, -0.25) is 4.90 Å². The molecule has 0 amide bonds. The fourth-order valence-corrected chi connectivity index (χ4v) is 6.72. The largest absolute Gasteiger partial charge is 0.373 e. The SMILES string of the molecule is CSc1nn(CN2CCN(S(=O)(=O)N3C[C@@H](C)O[C@@H](C)C3)CC2)c(=S)s1. The molecule has 12 heteroatoms. The van der Waals surface area contributed by atoms with Gasteiger partial charge in [-0.2, -0.15) is 22.1 Å². The van der Waals surface area contributed by atoms with E-state index in [0.717, 1.165) is 8.29 Å². The third-order valence-corrected chi connectivity index (χ3v) is 8.72. The van der Waals surface area contributed by atoms with E-state index >= 15 is 0 Å². The highest BCUT2D eigenvalue weighted by Crippen LogP contribution is 2.21. The second-order valence-electron chi connectivity index (χ2n) is 6.58. The second kappa shape index (κ2) is 8.52. The highest BCUT2D eigenvalue weighted by Gasteiger charge is 2.36. The molecule has 0 bridgehead atoms. The molecule has 1 aromatic heterocycles. The van der Waals surface area contributed by atoms with E-state index in [9.17, 15) is 8.42 Å². The highest BCUT2D eigenvalue weighted by atomic mass is 32.2. The van der Waals surface area contributed by atoms with Gasteiger partial charge in [-0.15, -0.1) is 0 Å². The van der Waals surface area contributed by atoms with Crippen LogP contribution in [0.1, 0.15) is 13.8 Å². The first-order valence-electron chi connectivity index (χ1n) is 8.54. The zero-order valence-corrected chi connectivity index (χ0v) is 18.5. The summed E-state index contributed by atoms with van der Waals surface area (Å²) in [4.78, 5) is 2.19. The fourth-order valence-electron chi connectivity index (χ4n) is 3.23. The van der Waals surface area contributed by atoms with E-state index in [4.69, 9.17) is 17.0 Å². The van der Waals surface area contributed by atoms with Gasteiger partial charge in [0.15, 0.2) is 8.29 Å². The molecule has 0 saturated carbocycles. The van der Waals surface area contributed by atoms with Gasteiger partial charge in [-0.1, -0.05) is 23.1 Å². The van der Waals surface area contributed by atoms with Crippen molar-refractivity contribution in [1.29, 1.82) is 0 Å². The predicted octanol–water partition coefficient (Wildman–Crippen LogP) is 1.33. The van der Waals surface area contributed by atoms with E-state index in [1.165, 1.54) is 11.3 Å². The van der Waals surface area contributed by atoms with Crippen molar-refractivity contribution < 1.29 is 13.2 Å². The second-order valence-corrected chi connectivity index (χ2v) is 11.2. The molecule has 2 aliphatic rings. The smallest absolute Gasteiger partial charge is 0.282 e. The lowest BCUT2D eigenvalue weighted by Crippen LogP contribution is -2.57. The van der Waals surface area contributed by atoms with E-state index in [-0.39, 0.29) is 12.2 Å². The summed E-state index contributed by atoms with van der Waals surface area (Å²) < 4.78 is 38.2. The topological polar surface area (TPSA) is 70.9 Å². The number of aromatic nitrogens is 2. The van der Waals surface area contributed by atoms with Crippen molar-refractivity contribution in [2.75, 3.05) is 45.5 Å². The summed E-state index contributed by atoms with van der Waals surface area (Å²) in [6.45, 7) is 7.56. The fraction of sp³-hybridized carbons (Fsp3) is 0.857. The molecule has 0 aliphatic carbocycles. The Bertz CT molecular complexity index is 762. The van der Waals surface area contributed by atoms with E-state index in [1.54, 1.807) is 20.4 Å². The van der Waals surface area contributed by atoms with Crippen LogP contribution in [-0.2, 0) is 21.6 Å². The first-order valence-corrected chi connectivity index (χ1v) is 12.4. The maximum atomic E-state index is 12.9. The van der Waals surface area contributed by atoms with E-state index < -0.39 is 10.2 Å². The standard InChI is InChI=1S/C14H25N5O3S4/c1-11-8-18(9-12(2)22-11)26(20,21)17-6-4-16(5-7-17)10-19-14(23)25-13(15-19)24-3/h11-12H,4-10H2,1-3H3/t11-,12+. The molecular formula is C14H25N5O3S4. The third kappa shape index (κ3) is 4.66. The van der Waals surface area contributed by atoms with Crippen LogP contribution in [0.3, 0.4) is 0 Å². The summed E-state index contributed by atoms with van der Waals surface area (Å²) in [5.41, 5.74) is 0. The molecule has 3 rings (SSSR count). The number of morpholine rings is 1. The van der Waals surface area contributed by atoms with Crippen LogP contribution >= 0.6 is 35.3 Å². The Hall–Kier alpha value is -0.0800. The summed E-state index contributed by atoms with van der Waals surface area (Å²) in [6.07, 6.45) is 1.83. The van der Waals surface area contributed by atoms with E-state index in [2.05, 4.69) is 10.00 Å². The summed E-state index contributed by atoms with van der Waals surface area (Å²) >= 11 is 8.44. The molecule has 2 fully saturated rings. The highest BCUT2D eigenvalue weighted by molar-refractivity contribution is 8.00. The van der Waals surface area contributed by atoms with Crippen LogP contribution in [0.25, 0.3) is 0 Å². The van der Waals surface area contributed by atoms with Crippen LogP contribution in [-0.4, -0.2) is 89.4 Å². The predicted molar refractivity (Wildman–Crippen MR) is 106 cm³/mol. The van der Waals surface area contributed by atoms with E-state index in [0.29, 0.717) is 45.9 Å². The number of ether oxygens (including phenoxy) is 1. The zero-order chi connectivity index (χ0) is 18.9. The number of nitrogens with zero attached hydrogens (tertiary/aromatic N) is 5. The first-order chi connectivity index (χ1) is 12.3. The Morgan fingerprint density at radius 1 is 1.19 bits per heavy atom. The van der Waals surface area contributed by atoms with E-state index in [1.807, 2.05) is 24.8 Å². The van der Waals surface area contributed by atoms with Gasteiger partial charge in [-0.25, -0.2) is 4.68 Å². The summed E-state index contributed by atoms with van der Waals surface area (Å²) in [6, 6.07) is 0. The first kappa shape index (κ1) is 20.6. The van der Waals surface area contributed by atoms with Crippen LogP contribution in [0.4, 0.5) is 0 Å². The van der Waals surface area contributed by atoms with Crippen molar-refractivity contribution in [3.8, 4) is 0 Å². The van der Waals surface area contributed by atoms with Gasteiger partial charge in [-0.05, 0) is 32.3 Å². The minimum absolute atomic E-state index is 0.0769. The zero-order valence-electron chi connectivity index (χ0n) is 15.2. The van der Waals surface area contributed by atoms with Crippen molar-refractivity contribution in [2.24, 2.45) is 0 Å². The van der Waals surface area contributed by atoms with Crippen LogP contribution in [0, 0.1) is 3.95 Å². The molecule has 1 aromatic rings. The van der Waals surface area contributed by atoms with Gasteiger partial charge < -0.3 is 4.74 Å². The molecule has 0 radical (unpaired) electrons. The monoisotopic (exact) mass is 439 g/mol. The molecule has 26 heavy (non-hydrogen) atoms. The number of rotatable bonds is 5. The van der Waals surface area contributed by atoms with Crippen molar-refractivity contribution in [2.45, 2.75) is 37.1 Å². The van der Waals surface area contributed by atoms with Crippen molar-refractivity contribution in [1.82, 2.24) is 23.3 Å². The summed E-state index contributed by atoms with van der Waals surface area (Å²) in [7, 11) is -3.44. The minimum Gasteiger partial charge on any atom is -0.373 e. The lowest BCUT2D eigenvalue weighted by Gasteiger charge is -2.40. The molecule has 0 N–H and O–H groups in total. The van der Waals surface area contributed by atoms with Crippen LogP contribution in [0.5, 0.6) is 0 Å². The van der Waals surface area contributed by atoms with Crippen LogP contribution in [0.15, 0.2) is 4.34 Å². The molecule has 2 saturated heterocycles. The maximum Gasteiger partial charge on any atom is 0.282 e. The van der Waals surface area contributed by atoms with Gasteiger partial charge in [0.2, 0.25) is 0 Å². The Balaban J connectivity index is 1.59. The van der Waals surface area contributed by atoms with Gasteiger partial charge in [0, 0.05) is 39.3 Å². The average Bonchev–Trinajstić information content (AvgIpc) is 2.94. The number of hydrogen-bond acceptors (Lipinski definition) is 8. The van der Waals surface area contributed by atoms with Crippen molar-refractivity contribution in [3.63, 3.8) is 0 Å². The van der Waals surface area contributed by atoms with Gasteiger partial charge in [0.25, 0.3) is 10.2 Å². The molecule has 0 unspecified atom stereocenters.